The molecule has 0 amide bonds. The summed E-state index contributed by atoms with van der Waals surface area (Å²) >= 11 is 0. The van der Waals surface area contributed by atoms with Gasteiger partial charge in [-0.3, -0.25) is 4.79 Å². The molecule has 0 spiro atoms. The van der Waals surface area contributed by atoms with E-state index in [1.165, 1.54) is 12.2 Å². The van der Waals surface area contributed by atoms with E-state index in [-0.39, 0.29) is 5.78 Å². The summed E-state index contributed by atoms with van der Waals surface area (Å²) in [5.74, 6) is -0.135. The number of anilines is 1. The van der Waals surface area contributed by atoms with Crippen LogP contribution in [0.3, 0.4) is 0 Å². The van der Waals surface area contributed by atoms with Gasteiger partial charge in [-0.25, -0.2) is 4.79 Å². The molecule has 0 bridgehead atoms. The number of aryl methyl sites for hydroxylation is 1. The number of allylic oxidation sites excluding steroid dienone is 1. The Bertz CT molecular complexity index is 1060. The molecule has 0 aliphatic carbocycles. The van der Waals surface area contributed by atoms with E-state index in [1.54, 1.807) is 12.1 Å². The number of carbonyl (C=O) groups is 1. The van der Waals surface area contributed by atoms with Crippen LogP contribution < -0.4 is 10.5 Å². The maximum Gasteiger partial charge on any atom is 0.343 e. The first-order chi connectivity index (χ1) is 13.0. The van der Waals surface area contributed by atoms with Gasteiger partial charge in [-0.15, -0.1) is 0 Å². The minimum absolute atomic E-state index is 0.135. The average Bonchev–Trinajstić information content (AvgIpc) is 2.67. The van der Waals surface area contributed by atoms with Crippen LogP contribution in [0.15, 0.2) is 63.8 Å². The second-order valence-electron chi connectivity index (χ2n) is 6.40. The normalized spacial score (nSPS) is 11.2. The summed E-state index contributed by atoms with van der Waals surface area (Å²) in [7, 11) is 0. The van der Waals surface area contributed by atoms with E-state index in [0.717, 1.165) is 29.7 Å². The van der Waals surface area contributed by atoms with Crippen LogP contribution in [0.25, 0.3) is 17.0 Å². The Morgan fingerprint density at radius 2 is 1.81 bits per heavy atom. The fourth-order valence-corrected chi connectivity index (χ4v) is 3.12. The maximum atomic E-state index is 12.4. The monoisotopic (exact) mass is 361 g/mol. The molecule has 4 heteroatoms. The lowest BCUT2D eigenvalue weighted by Gasteiger charge is -2.20. The van der Waals surface area contributed by atoms with Crippen molar-refractivity contribution in [2.75, 3.05) is 18.0 Å². The van der Waals surface area contributed by atoms with Crippen molar-refractivity contribution in [2.45, 2.75) is 20.8 Å². The van der Waals surface area contributed by atoms with Crippen LogP contribution >= 0.6 is 0 Å². The van der Waals surface area contributed by atoms with E-state index in [0.29, 0.717) is 16.7 Å². The highest BCUT2D eigenvalue weighted by Crippen LogP contribution is 2.22. The van der Waals surface area contributed by atoms with Gasteiger partial charge < -0.3 is 9.32 Å². The Labute approximate surface area is 158 Å². The number of rotatable bonds is 6. The van der Waals surface area contributed by atoms with Crippen molar-refractivity contribution < 1.29 is 9.21 Å². The zero-order chi connectivity index (χ0) is 19.4. The van der Waals surface area contributed by atoms with Crippen molar-refractivity contribution in [3.63, 3.8) is 0 Å². The van der Waals surface area contributed by atoms with Gasteiger partial charge in [-0.1, -0.05) is 24.3 Å². The summed E-state index contributed by atoms with van der Waals surface area (Å²) in [5.41, 5.74) is 3.01. The van der Waals surface area contributed by atoms with Crippen molar-refractivity contribution >= 4 is 28.5 Å². The van der Waals surface area contributed by atoms with Crippen molar-refractivity contribution in [2.24, 2.45) is 0 Å². The van der Waals surface area contributed by atoms with Gasteiger partial charge in [0.25, 0.3) is 0 Å². The highest BCUT2D eigenvalue weighted by atomic mass is 16.4. The van der Waals surface area contributed by atoms with E-state index < -0.39 is 5.63 Å². The van der Waals surface area contributed by atoms with Crippen molar-refractivity contribution in [1.29, 1.82) is 0 Å². The van der Waals surface area contributed by atoms with Crippen LogP contribution in [0.2, 0.25) is 0 Å². The molecule has 0 aliphatic rings. The van der Waals surface area contributed by atoms with Crippen LogP contribution in [0.5, 0.6) is 0 Å². The number of fused-ring (bicyclic) bond motifs is 1. The van der Waals surface area contributed by atoms with Gasteiger partial charge in [0, 0.05) is 35.8 Å². The van der Waals surface area contributed by atoms with Gasteiger partial charge in [0.05, 0.1) is 5.56 Å². The summed E-state index contributed by atoms with van der Waals surface area (Å²) < 4.78 is 5.49. The predicted octanol–water partition coefficient (Wildman–Crippen LogP) is 4.84. The highest BCUT2D eigenvalue weighted by Gasteiger charge is 2.09. The number of carbonyl (C=O) groups excluding carboxylic acids is 1. The Morgan fingerprint density at radius 3 is 2.52 bits per heavy atom. The van der Waals surface area contributed by atoms with Gasteiger partial charge in [0.2, 0.25) is 0 Å². The zero-order valence-corrected chi connectivity index (χ0v) is 15.9. The summed E-state index contributed by atoms with van der Waals surface area (Å²) in [6.45, 7) is 7.83. The molecule has 0 N–H and O–H groups in total. The third-order valence-corrected chi connectivity index (χ3v) is 4.70. The van der Waals surface area contributed by atoms with Gasteiger partial charge >= 0.3 is 5.63 Å². The first-order valence-corrected chi connectivity index (χ1v) is 9.14. The molecule has 0 fully saturated rings. The first kappa shape index (κ1) is 18.6. The Hall–Kier alpha value is -3.14. The Balaban J connectivity index is 1.93. The molecule has 0 unspecified atom stereocenters. The topological polar surface area (TPSA) is 50.5 Å². The lowest BCUT2D eigenvalue weighted by molar-refractivity contribution is 0.104. The van der Waals surface area contributed by atoms with Crippen LogP contribution in [-0.2, 0) is 0 Å². The van der Waals surface area contributed by atoms with Crippen LogP contribution in [0.1, 0.15) is 35.3 Å². The molecule has 1 aromatic heterocycles. The molecule has 2 aromatic carbocycles. The van der Waals surface area contributed by atoms with E-state index in [2.05, 4.69) is 18.7 Å². The smallest absolute Gasteiger partial charge is 0.343 e. The summed E-state index contributed by atoms with van der Waals surface area (Å²) in [4.78, 5) is 26.9. The molecule has 3 aromatic rings. The molecule has 0 atom stereocenters. The minimum atomic E-state index is -0.451. The second-order valence-corrected chi connectivity index (χ2v) is 6.40. The molecule has 1 heterocycles. The number of hydrogen-bond donors (Lipinski definition) is 0. The van der Waals surface area contributed by atoms with Gasteiger partial charge in [-0.05, 0) is 56.7 Å². The van der Waals surface area contributed by atoms with E-state index in [1.807, 2.05) is 43.3 Å². The molecule has 0 radical (unpaired) electrons. The average molecular weight is 361 g/mol. The molecule has 0 saturated carbocycles. The van der Waals surface area contributed by atoms with Crippen LogP contribution in [-0.4, -0.2) is 18.9 Å². The van der Waals surface area contributed by atoms with Gasteiger partial charge in [-0.2, -0.15) is 0 Å². The summed E-state index contributed by atoms with van der Waals surface area (Å²) in [6.07, 6.45) is 2.95. The molecule has 138 valence electrons. The molecule has 4 nitrogen and oxygen atoms in total. The fraction of sp³-hybridized carbons (Fsp3) is 0.217. The SMILES string of the molecule is CCN(CC)c1ccc2cc(/C=C/C(=O)c3ccccc3C)c(=O)oc2c1. The highest BCUT2D eigenvalue weighted by molar-refractivity contribution is 6.07. The molecule has 3 rings (SSSR count). The van der Waals surface area contributed by atoms with Crippen molar-refractivity contribution in [1.82, 2.24) is 0 Å². The Kier molecular flexibility index (Phi) is 5.55. The summed E-state index contributed by atoms with van der Waals surface area (Å²) in [6, 6.07) is 15.0. The van der Waals surface area contributed by atoms with Crippen LogP contribution in [0, 0.1) is 6.92 Å². The third kappa shape index (κ3) is 4.00. The molecular formula is C23H23NO3. The van der Waals surface area contributed by atoms with E-state index in [9.17, 15) is 9.59 Å². The number of ketones is 1. The van der Waals surface area contributed by atoms with E-state index >= 15 is 0 Å². The second kappa shape index (κ2) is 8.04. The van der Waals surface area contributed by atoms with E-state index in [4.69, 9.17) is 4.42 Å². The number of hydrogen-bond acceptors (Lipinski definition) is 4. The number of benzene rings is 2. The predicted molar refractivity (Wildman–Crippen MR) is 111 cm³/mol. The standard InChI is InChI=1S/C23H23NO3/c1-4-24(5-2)19-12-10-17-14-18(23(26)27-22(17)15-19)11-13-21(25)20-9-7-6-8-16(20)3/h6-15H,4-5H2,1-3H3/b13-11+. The lowest BCUT2D eigenvalue weighted by atomic mass is 10.0. The maximum absolute atomic E-state index is 12.4. The summed E-state index contributed by atoms with van der Waals surface area (Å²) in [5, 5.41) is 0.827. The quantitative estimate of drug-likeness (QED) is 0.358. The zero-order valence-electron chi connectivity index (χ0n) is 15.9. The van der Waals surface area contributed by atoms with Gasteiger partial charge in [0.1, 0.15) is 5.58 Å². The van der Waals surface area contributed by atoms with Crippen molar-refractivity contribution in [3.05, 3.63) is 81.7 Å². The minimum Gasteiger partial charge on any atom is -0.422 e. The number of nitrogens with zero attached hydrogens (tertiary/aromatic N) is 1. The molecular weight excluding hydrogens is 338 g/mol. The lowest BCUT2D eigenvalue weighted by Crippen LogP contribution is -2.21. The molecule has 0 saturated heterocycles. The van der Waals surface area contributed by atoms with Gasteiger partial charge in [0.15, 0.2) is 5.78 Å². The fourth-order valence-electron chi connectivity index (χ4n) is 3.12. The molecule has 27 heavy (non-hydrogen) atoms. The van der Waals surface area contributed by atoms with Crippen molar-refractivity contribution in [3.8, 4) is 0 Å². The third-order valence-electron chi connectivity index (χ3n) is 4.70. The first-order valence-electron chi connectivity index (χ1n) is 9.14. The van der Waals surface area contributed by atoms with Crippen LogP contribution in [0.4, 0.5) is 5.69 Å². The molecule has 0 aliphatic heterocycles. The largest absolute Gasteiger partial charge is 0.422 e. The Morgan fingerprint density at radius 1 is 1.07 bits per heavy atom.